The van der Waals surface area contributed by atoms with E-state index in [1.165, 1.54) is 6.92 Å². The molecule has 0 spiro atoms. The molecule has 0 saturated carbocycles. The van der Waals surface area contributed by atoms with Gasteiger partial charge in [-0.25, -0.2) is 0 Å². The lowest BCUT2D eigenvalue weighted by Crippen LogP contribution is -2.58. The second-order valence-corrected chi connectivity index (χ2v) is 5.37. The Bertz CT molecular complexity index is 452. The van der Waals surface area contributed by atoms with Crippen LogP contribution < -0.4 is 21.7 Å². The van der Waals surface area contributed by atoms with Crippen molar-refractivity contribution in [3.63, 3.8) is 0 Å². The first-order valence-corrected chi connectivity index (χ1v) is 7.06. The van der Waals surface area contributed by atoms with Crippen LogP contribution in [0.15, 0.2) is 0 Å². The van der Waals surface area contributed by atoms with E-state index in [-0.39, 0.29) is 5.92 Å². The molecule has 7 N–H and O–H groups in total. The van der Waals surface area contributed by atoms with E-state index >= 15 is 0 Å². The topological polar surface area (TPSA) is 171 Å². The molecule has 0 saturated heterocycles. The lowest BCUT2D eigenvalue weighted by molar-refractivity contribution is -0.139. The fourth-order valence-corrected chi connectivity index (χ4v) is 1.56. The van der Waals surface area contributed by atoms with Gasteiger partial charge in [0.2, 0.25) is 17.7 Å². The van der Waals surface area contributed by atoms with Gasteiger partial charge in [-0.3, -0.25) is 19.2 Å². The van der Waals surface area contributed by atoms with Gasteiger partial charge in [0.05, 0.1) is 12.6 Å². The molecule has 0 aliphatic rings. The number of carbonyl (C=O) groups excluding carboxylic acids is 3. The molecule has 132 valence electrons. The van der Waals surface area contributed by atoms with Gasteiger partial charge >= 0.3 is 5.97 Å². The average molecular weight is 332 g/mol. The Hall–Kier alpha value is -2.20. The molecule has 0 fully saturated rings. The van der Waals surface area contributed by atoms with Crippen molar-refractivity contribution < 1.29 is 29.4 Å². The van der Waals surface area contributed by atoms with E-state index in [4.69, 9.17) is 10.8 Å². The molecule has 23 heavy (non-hydrogen) atoms. The van der Waals surface area contributed by atoms with Crippen LogP contribution in [0.1, 0.15) is 20.8 Å². The quantitative estimate of drug-likeness (QED) is 0.264. The van der Waals surface area contributed by atoms with Crippen LogP contribution in [0.2, 0.25) is 0 Å². The molecule has 0 rings (SSSR count). The van der Waals surface area contributed by atoms with Gasteiger partial charge in [0.15, 0.2) is 0 Å². The van der Waals surface area contributed by atoms with Gasteiger partial charge in [-0.15, -0.1) is 0 Å². The lowest BCUT2D eigenvalue weighted by atomic mass is 10.0. The Morgan fingerprint density at radius 1 is 1.00 bits per heavy atom. The number of aliphatic carboxylic acids is 1. The van der Waals surface area contributed by atoms with Gasteiger partial charge in [0.1, 0.15) is 18.6 Å². The Morgan fingerprint density at radius 2 is 1.57 bits per heavy atom. The van der Waals surface area contributed by atoms with Crippen molar-refractivity contribution in [1.82, 2.24) is 16.0 Å². The fraction of sp³-hybridized carbons (Fsp3) is 0.692. The molecule has 0 heterocycles. The summed E-state index contributed by atoms with van der Waals surface area (Å²) in [6.07, 6.45) is 0. The van der Waals surface area contributed by atoms with Crippen molar-refractivity contribution in [2.75, 3.05) is 13.2 Å². The van der Waals surface area contributed by atoms with E-state index in [0.717, 1.165) is 0 Å². The van der Waals surface area contributed by atoms with Gasteiger partial charge in [-0.2, -0.15) is 0 Å². The smallest absolute Gasteiger partial charge is 0.322 e. The lowest BCUT2D eigenvalue weighted by Gasteiger charge is -2.24. The maximum atomic E-state index is 12.1. The summed E-state index contributed by atoms with van der Waals surface area (Å²) in [5, 5.41) is 24.5. The minimum Gasteiger partial charge on any atom is -0.480 e. The van der Waals surface area contributed by atoms with Crippen molar-refractivity contribution in [1.29, 1.82) is 0 Å². The molecule has 0 aliphatic heterocycles. The van der Waals surface area contributed by atoms with Crippen LogP contribution in [-0.4, -0.2) is 65.2 Å². The minimum absolute atomic E-state index is 0.337. The maximum absolute atomic E-state index is 12.1. The highest BCUT2D eigenvalue weighted by Crippen LogP contribution is 2.02. The summed E-state index contributed by atoms with van der Waals surface area (Å²) >= 11 is 0. The average Bonchev–Trinajstić information content (AvgIpc) is 2.46. The molecular weight excluding hydrogens is 308 g/mol. The minimum atomic E-state index is -1.26. The first-order chi connectivity index (χ1) is 10.6. The number of nitrogens with one attached hydrogen (secondary N) is 3. The summed E-state index contributed by atoms with van der Waals surface area (Å²) in [6.45, 7) is 3.46. The molecule has 0 aromatic rings. The Kier molecular flexibility index (Phi) is 8.81. The Balaban J connectivity index is 4.84. The fourth-order valence-electron chi connectivity index (χ4n) is 1.56. The molecule has 3 unspecified atom stereocenters. The van der Waals surface area contributed by atoms with Crippen molar-refractivity contribution in [3.05, 3.63) is 0 Å². The number of rotatable bonds is 9. The third kappa shape index (κ3) is 7.56. The third-order valence-corrected chi connectivity index (χ3v) is 2.89. The Labute approximate surface area is 133 Å². The highest BCUT2D eigenvalue weighted by atomic mass is 16.4. The molecule has 10 heteroatoms. The number of carboxylic acids is 1. The highest BCUT2D eigenvalue weighted by Gasteiger charge is 2.28. The number of carboxylic acid groups (broad SMARTS) is 1. The number of aliphatic hydroxyl groups is 1. The molecule has 0 bridgehead atoms. The summed E-state index contributed by atoms with van der Waals surface area (Å²) in [7, 11) is 0. The van der Waals surface area contributed by atoms with Crippen molar-refractivity contribution >= 4 is 23.7 Å². The second-order valence-electron chi connectivity index (χ2n) is 5.37. The summed E-state index contributed by atoms with van der Waals surface area (Å²) in [5.74, 6) is -3.63. The number of hydrogen-bond donors (Lipinski definition) is 6. The maximum Gasteiger partial charge on any atom is 0.322 e. The van der Waals surface area contributed by atoms with E-state index in [1.54, 1.807) is 13.8 Å². The number of hydrogen-bond acceptors (Lipinski definition) is 6. The largest absolute Gasteiger partial charge is 0.480 e. The van der Waals surface area contributed by atoms with Crippen LogP contribution in [-0.2, 0) is 19.2 Å². The number of nitrogens with two attached hydrogens (primary N) is 1. The highest BCUT2D eigenvalue weighted by molar-refractivity contribution is 5.93. The predicted molar refractivity (Wildman–Crippen MR) is 80.1 cm³/mol. The third-order valence-electron chi connectivity index (χ3n) is 2.89. The van der Waals surface area contributed by atoms with Gasteiger partial charge in [-0.05, 0) is 12.8 Å². The Morgan fingerprint density at radius 3 is 1.96 bits per heavy atom. The second kappa shape index (κ2) is 9.74. The van der Waals surface area contributed by atoms with Crippen LogP contribution in [0, 0.1) is 5.92 Å². The van der Waals surface area contributed by atoms with Crippen molar-refractivity contribution in [2.24, 2.45) is 11.7 Å². The van der Waals surface area contributed by atoms with E-state index < -0.39 is 55.0 Å². The summed E-state index contributed by atoms with van der Waals surface area (Å²) < 4.78 is 0. The zero-order valence-electron chi connectivity index (χ0n) is 13.3. The van der Waals surface area contributed by atoms with Gasteiger partial charge in [0, 0.05) is 0 Å². The summed E-state index contributed by atoms with van der Waals surface area (Å²) in [5.41, 5.74) is 5.36. The van der Waals surface area contributed by atoms with Gasteiger partial charge < -0.3 is 31.9 Å². The first kappa shape index (κ1) is 20.8. The van der Waals surface area contributed by atoms with E-state index in [0.29, 0.717) is 0 Å². The monoisotopic (exact) mass is 332 g/mol. The molecule has 0 aromatic carbocycles. The first-order valence-electron chi connectivity index (χ1n) is 7.06. The molecule has 0 radical (unpaired) electrons. The van der Waals surface area contributed by atoms with Gasteiger partial charge in [-0.1, -0.05) is 13.8 Å². The van der Waals surface area contributed by atoms with E-state index in [9.17, 15) is 24.3 Å². The molecule has 0 aliphatic carbocycles. The van der Waals surface area contributed by atoms with Crippen LogP contribution in [0.5, 0.6) is 0 Å². The molecular formula is C13H24N4O6. The zero-order chi connectivity index (χ0) is 18.2. The predicted octanol–water partition coefficient (Wildman–Crippen LogP) is -2.85. The van der Waals surface area contributed by atoms with Gasteiger partial charge in [0.25, 0.3) is 0 Å². The van der Waals surface area contributed by atoms with Crippen molar-refractivity contribution in [3.8, 4) is 0 Å². The zero-order valence-corrected chi connectivity index (χ0v) is 13.3. The van der Waals surface area contributed by atoms with Crippen LogP contribution in [0.25, 0.3) is 0 Å². The number of aliphatic hydroxyl groups excluding tert-OH is 1. The van der Waals surface area contributed by atoms with Crippen LogP contribution >= 0.6 is 0 Å². The normalized spacial score (nSPS) is 14.5. The molecule has 3 amide bonds. The number of carbonyl (C=O) groups is 4. The summed E-state index contributed by atoms with van der Waals surface area (Å²) in [4.78, 5) is 45.9. The van der Waals surface area contributed by atoms with Crippen LogP contribution in [0.4, 0.5) is 0 Å². The SMILES string of the molecule is CC(N)C(=O)NC(CO)C(=O)NC(C(=O)NCC(=O)O)C(C)C. The standard InChI is InChI=1S/C13H24N4O6/c1-6(2)10(13(23)15-4-9(19)20)17-12(22)8(5-18)16-11(21)7(3)14/h6-8,10,18H,4-5,14H2,1-3H3,(H,15,23)(H,16,21)(H,17,22)(H,19,20). The van der Waals surface area contributed by atoms with Crippen molar-refractivity contribution in [2.45, 2.75) is 38.9 Å². The molecule has 10 nitrogen and oxygen atoms in total. The van der Waals surface area contributed by atoms with E-state index in [2.05, 4.69) is 16.0 Å². The summed E-state index contributed by atoms with van der Waals surface area (Å²) in [6, 6.07) is -3.14. The molecule has 3 atom stereocenters. The van der Waals surface area contributed by atoms with E-state index in [1.807, 2.05) is 0 Å². The number of amides is 3. The molecule has 0 aromatic heterocycles. The van der Waals surface area contributed by atoms with Crippen LogP contribution in [0.3, 0.4) is 0 Å².